The molecule has 0 radical (unpaired) electrons. The Morgan fingerprint density at radius 2 is 2.07 bits per heavy atom. The minimum absolute atomic E-state index is 0.0640. The number of rotatable bonds is 1. The zero-order valence-electron chi connectivity index (χ0n) is 7.90. The Morgan fingerprint density at radius 1 is 1.33 bits per heavy atom. The molecule has 0 aliphatic heterocycles. The first-order valence-corrected chi connectivity index (χ1v) is 5.56. The van der Waals surface area contributed by atoms with Crippen LogP contribution in [-0.2, 0) is 4.79 Å². The van der Waals surface area contributed by atoms with E-state index in [0.29, 0.717) is 12.8 Å². The predicted octanol–water partition coefficient (Wildman–Crippen LogP) is 3.56. The van der Waals surface area contributed by atoms with Crippen LogP contribution < -0.4 is 0 Å². The fourth-order valence-electron chi connectivity index (χ4n) is 1.98. The average Bonchev–Trinajstić information content (AvgIpc) is 2.60. The molecular weight excluding hydrogens is 266 g/mol. The van der Waals surface area contributed by atoms with Crippen LogP contribution in [0.25, 0.3) is 0 Å². The molecule has 1 saturated carbocycles. The number of hydrogen-bond donors (Lipinski definition) is 0. The largest absolute Gasteiger partial charge is 0.299 e. The highest BCUT2D eigenvalue weighted by Gasteiger charge is 2.31. The molecule has 1 nitrogen and oxygen atoms in total. The number of ketones is 1. The molecule has 1 aromatic carbocycles. The number of hydrogen-bond acceptors (Lipinski definition) is 1. The molecule has 1 aliphatic carbocycles. The minimum atomic E-state index is -0.643. The van der Waals surface area contributed by atoms with Gasteiger partial charge in [0, 0.05) is 17.9 Å². The summed E-state index contributed by atoms with van der Waals surface area (Å²) in [7, 11) is 0. The Morgan fingerprint density at radius 3 is 2.67 bits per heavy atom. The van der Waals surface area contributed by atoms with E-state index in [9.17, 15) is 13.6 Å². The van der Waals surface area contributed by atoms with Crippen LogP contribution in [0.3, 0.4) is 0 Å². The van der Waals surface area contributed by atoms with Gasteiger partial charge in [-0.2, -0.15) is 0 Å². The quantitative estimate of drug-likeness (QED) is 0.716. The van der Waals surface area contributed by atoms with Gasteiger partial charge < -0.3 is 0 Å². The smallest absolute Gasteiger partial charge is 0.144 e. The molecule has 15 heavy (non-hydrogen) atoms. The SMILES string of the molecule is O=C1CCCC1c1c(F)ccc(Br)c1F. The Balaban J connectivity index is 2.51. The highest BCUT2D eigenvalue weighted by atomic mass is 79.9. The topological polar surface area (TPSA) is 17.1 Å². The number of carbonyl (C=O) groups is 1. The van der Waals surface area contributed by atoms with Gasteiger partial charge in [0.05, 0.1) is 4.47 Å². The van der Waals surface area contributed by atoms with Crippen LogP contribution in [0, 0.1) is 11.6 Å². The van der Waals surface area contributed by atoms with Crippen molar-refractivity contribution in [3.63, 3.8) is 0 Å². The third-order valence-electron chi connectivity index (χ3n) is 2.73. The first-order valence-electron chi connectivity index (χ1n) is 4.77. The van der Waals surface area contributed by atoms with Gasteiger partial charge in [-0.1, -0.05) is 0 Å². The van der Waals surface area contributed by atoms with Crippen molar-refractivity contribution in [2.75, 3.05) is 0 Å². The Labute approximate surface area is 94.6 Å². The van der Waals surface area contributed by atoms with Crippen LogP contribution in [0.15, 0.2) is 16.6 Å². The molecule has 0 amide bonds. The molecule has 80 valence electrons. The van der Waals surface area contributed by atoms with Crippen molar-refractivity contribution in [1.29, 1.82) is 0 Å². The van der Waals surface area contributed by atoms with Crippen LogP contribution in [0.2, 0.25) is 0 Å². The molecule has 0 N–H and O–H groups in total. The number of carbonyl (C=O) groups excluding carboxylic acids is 1. The molecule has 1 fully saturated rings. The van der Waals surface area contributed by atoms with Crippen molar-refractivity contribution in [3.05, 3.63) is 33.8 Å². The Kier molecular flexibility index (Phi) is 2.87. The first kappa shape index (κ1) is 10.7. The number of benzene rings is 1. The monoisotopic (exact) mass is 274 g/mol. The zero-order chi connectivity index (χ0) is 11.0. The van der Waals surface area contributed by atoms with E-state index in [-0.39, 0.29) is 15.8 Å². The normalized spacial score (nSPS) is 21.0. The van der Waals surface area contributed by atoms with Gasteiger partial charge in [0.15, 0.2) is 0 Å². The third kappa shape index (κ3) is 1.83. The van der Waals surface area contributed by atoms with Gasteiger partial charge in [0.1, 0.15) is 17.4 Å². The molecule has 0 bridgehead atoms. The maximum atomic E-state index is 13.6. The fraction of sp³-hybridized carbons (Fsp3) is 0.364. The van der Waals surface area contributed by atoms with Crippen molar-refractivity contribution in [2.24, 2.45) is 0 Å². The highest BCUT2D eigenvalue weighted by molar-refractivity contribution is 9.10. The standard InChI is InChI=1S/C11H9BrF2O/c12-7-4-5-8(13)10(11(7)14)6-2-1-3-9(6)15/h4-6H,1-3H2. The molecule has 2 rings (SSSR count). The lowest BCUT2D eigenvalue weighted by molar-refractivity contribution is -0.118. The molecule has 0 saturated heterocycles. The summed E-state index contributed by atoms with van der Waals surface area (Å²) in [5, 5.41) is 0. The summed E-state index contributed by atoms with van der Waals surface area (Å²) >= 11 is 2.99. The minimum Gasteiger partial charge on any atom is -0.299 e. The van der Waals surface area contributed by atoms with Crippen molar-refractivity contribution in [2.45, 2.75) is 25.2 Å². The van der Waals surface area contributed by atoms with Gasteiger partial charge in [-0.25, -0.2) is 8.78 Å². The van der Waals surface area contributed by atoms with Crippen molar-refractivity contribution in [3.8, 4) is 0 Å². The molecule has 0 spiro atoms. The number of halogens is 3. The molecular formula is C11H9BrF2O. The van der Waals surface area contributed by atoms with E-state index >= 15 is 0 Å². The van der Waals surface area contributed by atoms with Crippen LogP contribution >= 0.6 is 15.9 Å². The van der Waals surface area contributed by atoms with Crippen molar-refractivity contribution in [1.82, 2.24) is 0 Å². The molecule has 1 unspecified atom stereocenters. The first-order chi connectivity index (χ1) is 7.11. The van der Waals surface area contributed by atoms with E-state index in [1.807, 2.05) is 0 Å². The second-order valence-electron chi connectivity index (χ2n) is 3.67. The highest BCUT2D eigenvalue weighted by Crippen LogP contribution is 2.36. The van der Waals surface area contributed by atoms with Gasteiger partial charge in [0.25, 0.3) is 0 Å². The third-order valence-corrected chi connectivity index (χ3v) is 3.34. The Bertz CT molecular complexity index is 417. The van der Waals surface area contributed by atoms with E-state index in [4.69, 9.17) is 0 Å². The van der Waals surface area contributed by atoms with Gasteiger partial charge in [-0.05, 0) is 40.9 Å². The van der Waals surface area contributed by atoms with Crippen LogP contribution in [0.5, 0.6) is 0 Å². The summed E-state index contributed by atoms with van der Waals surface area (Å²) in [6, 6.07) is 2.50. The molecule has 4 heteroatoms. The van der Waals surface area contributed by atoms with Gasteiger partial charge in [0.2, 0.25) is 0 Å². The maximum Gasteiger partial charge on any atom is 0.144 e. The second kappa shape index (κ2) is 4.00. The Hall–Kier alpha value is -0.770. The molecule has 1 atom stereocenters. The molecule has 1 aliphatic rings. The number of Topliss-reactive ketones (excluding diaryl/α,β-unsaturated/α-hetero) is 1. The van der Waals surface area contributed by atoms with E-state index in [1.165, 1.54) is 12.1 Å². The predicted molar refractivity (Wildman–Crippen MR) is 55.7 cm³/mol. The maximum absolute atomic E-state index is 13.6. The van der Waals surface area contributed by atoms with Gasteiger partial charge in [-0.15, -0.1) is 0 Å². The summed E-state index contributed by atoms with van der Waals surface area (Å²) in [6.45, 7) is 0. The van der Waals surface area contributed by atoms with Crippen LogP contribution in [-0.4, -0.2) is 5.78 Å². The van der Waals surface area contributed by atoms with E-state index in [0.717, 1.165) is 6.42 Å². The second-order valence-corrected chi connectivity index (χ2v) is 4.52. The molecule has 1 aromatic rings. The lowest BCUT2D eigenvalue weighted by Crippen LogP contribution is -2.09. The van der Waals surface area contributed by atoms with Crippen molar-refractivity contribution >= 4 is 21.7 Å². The zero-order valence-corrected chi connectivity index (χ0v) is 9.48. The summed E-state index contributed by atoms with van der Waals surface area (Å²) in [5.74, 6) is -1.93. The van der Waals surface area contributed by atoms with E-state index < -0.39 is 17.6 Å². The lowest BCUT2D eigenvalue weighted by Gasteiger charge is -2.11. The summed E-state index contributed by atoms with van der Waals surface area (Å²) < 4.78 is 27.3. The summed E-state index contributed by atoms with van der Waals surface area (Å²) in [6.07, 6.45) is 1.69. The summed E-state index contributed by atoms with van der Waals surface area (Å²) in [5.41, 5.74) is -0.0770. The molecule has 0 aromatic heterocycles. The van der Waals surface area contributed by atoms with Gasteiger partial charge >= 0.3 is 0 Å². The van der Waals surface area contributed by atoms with Crippen LogP contribution in [0.4, 0.5) is 8.78 Å². The average molecular weight is 275 g/mol. The van der Waals surface area contributed by atoms with E-state index in [1.54, 1.807) is 0 Å². The lowest BCUT2D eigenvalue weighted by atomic mass is 9.96. The van der Waals surface area contributed by atoms with Crippen LogP contribution in [0.1, 0.15) is 30.7 Å². The molecule has 0 heterocycles. The fourth-order valence-corrected chi connectivity index (χ4v) is 2.33. The van der Waals surface area contributed by atoms with E-state index in [2.05, 4.69) is 15.9 Å². The van der Waals surface area contributed by atoms with Gasteiger partial charge in [-0.3, -0.25) is 4.79 Å². The van der Waals surface area contributed by atoms with Crippen molar-refractivity contribution < 1.29 is 13.6 Å². The summed E-state index contributed by atoms with van der Waals surface area (Å²) in [4.78, 5) is 11.4.